The van der Waals surface area contributed by atoms with Crippen molar-refractivity contribution in [3.63, 3.8) is 0 Å². The van der Waals surface area contributed by atoms with Gasteiger partial charge < -0.3 is 14.8 Å². The normalized spacial score (nSPS) is 12.3. The van der Waals surface area contributed by atoms with E-state index in [0.29, 0.717) is 10.6 Å². The minimum Gasteiger partial charge on any atom is -0.496 e. The molecule has 0 aliphatic rings. The third kappa shape index (κ3) is 8.08. The molecule has 0 saturated heterocycles. The summed E-state index contributed by atoms with van der Waals surface area (Å²) in [5.74, 6) is -1.31. The molecule has 270 valence electrons. The number of nitrogens with one attached hydrogen (secondary N) is 2. The topological polar surface area (TPSA) is 161 Å². The smallest absolute Gasteiger partial charge is 0.333 e. The van der Waals surface area contributed by atoms with Crippen LogP contribution in [0.1, 0.15) is 56.9 Å². The fourth-order valence-corrected chi connectivity index (χ4v) is 6.74. The molecule has 0 fully saturated rings. The minimum absolute atomic E-state index is 0.137. The molecule has 5 aromatic rings. The Labute approximate surface area is 296 Å². The maximum Gasteiger partial charge on any atom is 0.333 e. The molecule has 0 aliphatic heterocycles. The largest absolute Gasteiger partial charge is 0.496 e. The standard InChI is InChI=1S/C35H40FN7O7S/c1-21(2)39-33(46)35(4,5)42-30(45)29-22(3)31(43-37-15-16-38-43)51-32(29)41(34(42)47)19-27(25-18-24(36)12-13-26(25)48-6)49-17-14-28(44)40-50-20-23-10-8-7-9-11-23/h7-13,15-16,18,21,27H,14,17,19-20H2,1-6H3,(H,39,46)(H,40,44)/t27-/m0/s1. The number of benzene rings is 2. The first-order chi connectivity index (χ1) is 24.3. The summed E-state index contributed by atoms with van der Waals surface area (Å²) < 4.78 is 28.8. The molecule has 0 spiro atoms. The third-order valence-electron chi connectivity index (χ3n) is 8.13. The molecule has 0 bridgehead atoms. The molecule has 0 saturated carbocycles. The fraction of sp³-hybridized carbons (Fsp3) is 0.371. The van der Waals surface area contributed by atoms with E-state index in [1.54, 1.807) is 20.8 Å². The van der Waals surface area contributed by atoms with Crippen molar-refractivity contribution in [2.75, 3.05) is 13.7 Å². The summed E-state index contributed by atoms with van der Waals surface area (Å²) in [4.78, 5) is 61.8. The molecule has 16 heteroatoms. The van der Waals surface area contributed by atoms with Gasteiger partial charge in [-0.3, -0.25) is 23.8 Å². The lowest BCUT2D eigenvalue weighted by atomic mass is 10.0. The molecule has 14 nitrogen and oxygen atoms in total. The highest BCUT2D eigenvalue weighted by atomic mass is 32.1. The molecule has 0 unspecified atom stereocenters. The number of hydrogen-bond donors (Lipinski definition) is 2. The predicted molar refractivity (Wildman–Crippen MR) is 188 cm³/mol. The van der Waals surface area contributed by atoms with Crippen LogP contribution in [-0.2, 0) is 37.9 Å². The zero-order valence-electron chi connectivity index (χ0n) is 29.1. The number of hydroxylamine groups is 1. The summed E-state index contributed by atoms with van der Waals surface area (Å²) in [5, 5.41) is 11.9. The van der Waals surface area contributed by atoms with E-state index in [-0.39, 0.29) is 53.8 Å². The lowest BCUT2D eigenvalue weighted by Gasteiger charge is -2.28. The Morgan fingerprint density at radius 1 is 1.06 bits per heavy atom. The summed E-state index contributed by atoms with van der Waals surface area (Å²) in [7, 11) is 1.41. The quantitative estimate of drug-likeness (QED) is 0.153. The van der Waals surface area contributed by atoms with Crippen molar-refractivity contribution >= 4 is 33.4 Å². The van der Waals surface area contributed by atoms with E-state index >= 15 is 0 Å². The maximum absolute atomic E-state index is 14.8. The summed E-state index contributed by atoms with van der Waals surface area (Å²) in [6.07, 6.45) is 1.76. The van der Waals surface area contributed by atoms with Gasteiger partial charge in [-0.05, 0) is 58.4 Å². The zero-order valence-corrected chi connectivity index (χ0v) is 30.0. The van der Waals surface area contributed by atoms with E-state index in [2.05, 4.69) is 21.0 Å². The highest BCUT2D eigenvalue weighted by Crippen LogP contribution is 2.34. The number of methoxy groups -OCH3 is 1. The second-order valence-corrected chi connectivity index (χ2v) is 13.5. The van der Waals surface area contributed by atoms with Crippen LogP contribution in [-0.4, -0.2) is 55.7 Å². The van der Waals surface area contributed by atoms with Gasteiger partial charge in [-0.2, -0.15) is 10.2 Å². The Hall–Kier alpha value is -5.19. The number of hydrogen-bond acceptors (Lipinski definition) is 10. The number of thiophene rings is 1. The van der Waals surface area contributed by atoms with Gasteiger partial charge in [-0.25, -0.2) is 19.2 Å². The summed E-state index contributed by atoms with van der Waals surface area (Å²) in [6.45, 7) is 7.98. The lowest BCUT2D eigenvalue weighted by molar-refractivity contribution is -0.136. The molecule has 3 aromatic heterocycles. The monoisotopic (exact) mass is 721 g/mol. The summed E-state index contributed by atoms with van der Waals surface area (Å²) in [5.41, 5.74) is 0.911. The van der Waals surface area contributed by atoms with Crippen LogP contribution in [0, 0.1) is 12.7 Å². The van der Waals surface area contributed by atoms with Crippen molar-refractivity contribution in [1.29, 1.82) is 0 Å². The van der Waals surface area contributed by atoms with Gasteiger partial charge in [0, 0.05) is 17.2 Å². The zero-order chi connectivity index (χ0) is 36.9. The molecule has 5 rings (SSSR count). The van der Waals surface area contributed by atoms with Crippen molar-refractivity contribution in [1.82, 2.24) is 34.9 Å². The molecule has 0 aliphatic carbocycles. The lowest BCUT2D eigenvalue weighted by Crippen LogP contribution is -2.56. The number of ether oxygens (including phenoxy) is 2. The van der Waals surface area contributed by atoms with Gasteiger partial charge in [0.05, 0.1) is 51.1 Å². The first kappa shape index (κ1) is 37.1. The average molecular weight is 722 g/mol. The van der Waals surface area contributed by atoms with E-state index in [1.165, 1.54) is 60.9 Å². The van der Waals surface area contributed by atoms with Crippen molar-refractivity contribution in [3.8, 4) is 10.8 Å². The highest BCUT2D eigenvalue weighted by Gasteiger charge is 2.36. The Bertz CT molecular complexity index is 2130. The van der Waals surface area contributed by atoms with Crippen LogP contribution in [0.4, 0.5) is 4.39 Å². The van der Waals surface area contributed by atoms with E-state index in [0.717, 1.165) is 21.5 Å². The van der Waals surface area contributed by atoms with Gasteiger partial charge in [0.15, 0.2) is 0 Å². The first-order valence-electron chi connectivity index (χ1n) is 16.2. The molecule has 0 radical (unpaired) electrons. The fourth-order valence-electron chi connectivity index (χ4n) is 5.52. The van der Waals surface area contributed by atoms with Gasteiger partial charge in [0.1, 0.15) is 33.0 Å². The molecule has 51 heavy (non-hydrogen) atoms. The number of rotatable bonds is 15. The van der Waals surface area contributed by atoms with Gasteiger partial charge in [0.2, 0.25) is 11.8 Å². The minimum atomic E-state index is -1.63. The molecule has 3 heterocycles. The van der Waals surface area contributed by atoms with E-state index < -0.39 is 40.5 Å². The van der Waals surface area contributed by atoms with Crippen LogP contribution >= 0.6 is 11.3 Å². The van der Waals surface area contributed by atoms with Crippen LogP contribution in [0.2, 0.25) is 0 Å². The summed E-state index contributed by atoms with van der Waals surface area (Å²) in [6, 6.07) is 12.9. The van der Waals surface area contributed by atoms with Crippen LogP contribution in [0.5, 0.6) is 5.75 Å². The first-order valence-corrected chi connectivity index (χ1v) is 17.0. The molecular weight excluding hydrogens is 681 g/mol. The number of amides is 2. The van der Waals surface area contributed by atoms with Crippen molar-refractivity contribution in [2.45, 2.75) is 71.9 Å². The number of carbonyl (C=O) groups excluding carboxylic acids is 2. The predicted octanol–water partition coefficient (Wildman–Crippen LogP) is 3.92. The second kappa shape index (κ2) is 15.8. The van der Waals surface area contributed by atoms with Crippen molar-refractivity contribution in [2.24, 2.45) is 0 Å². The number of fused-ring (bicyclic) bond motifs is 1. The highest BCUT2D eigenvalue weighted by molar-refractivity contribution is 7.21. The molecule has 1 atom stereocenters. The van der Waals surface area contributed by atoms with Gasteiger partial charge in [-0.15, -0.1) is 4.80 Å². The number of aryl methyl sites for hydroxylation is 1. The number of aromatic nitrogens is 5. The number of carbonyl (C=O) groups is 2. The Morgan fingerprint density at radius 3 is 2.43 bits per heavy atom. The van der Waals surface area contributed by atoms with Crippen LogP contribution in [0.15, 0.2) is 70.5 Å². The SMILES string of the molecule is COc1ccc(F)cc1[C@H](Cn1c(=O)n(C(C)(C)C(=O)NC(C)C)c(=O)c2c(C)c(-n3nccn3)sc21)OCCC(=O)NOCc1ccccc1. The van der Waals surface area contributed by atoms with Crippen LogP contribution < -0.4 is 26.8 Å². The number of halogens is 1. The van der Waals surface area contributed by atoms with Gasteiger partial charge >= 0.3 is 5.69 Å². The third-order valence-corrected chi connectivity index (χ3v) is 9.41. The van der Waals surface area contributed by atoms with E-state index in [4.69, 9.17) is 14.3 Å². The van der Waals surface area contributed by atoms with Crippen molar-refractivity contribution in [3.05, 3.63) is 104 Å². The van der Waals surface area contributed by atoms with Crippen molar-refractivity contribution < 1.29 is 28.3 Å². The molecule has 2 amide bonds. The second-order valence-electron chi connectivity index (χ2n) is 12.5. The van der Waals surface area contributed by atoms with Crippen LogP contribution in [0.3, 0.4) is 0 Å². The Kier molecular flexibility index (Phi) is 11.5. The maximum atomic E-state index is 14.8. The molecular formula is C35H40FN7O7S. The van der Waals surface area contributed by atoms with Gasteiger partial charge in [-0.1, -0.05) is 41.7 Å². The Balaban J connectivity index is 1.57. The van der Waals surface area contributed by atoms with Crippen LogP contribution in [0.25, 0.3) is 15.2 Å². The van der Waals surface area contributed by atoms with E-state index in [1.807, 2.05) is 30.3 Å². The van der Waals surface area contributed by atoms with E-state index in [9.17, 15) is 23.6 Å². The Morgan fingerprint density at radius 2 is 1.76 bits per heavy atom. The summed E-state index contributed by atoms with van der Waals surface area (Å²) >= 11 is 1.11. The van der Waals surface area contributed by atoms with Gasteiger partial charge in [0.25, 0.3) is 5.56 Å². The number of nitrogens with zero attached hydrogens (tertiary/aromatic N) is 5. The molecule has 2 N–H and O–H groups in total. The molecule has 2 aromatic carbocycles. The average Bonchev–Trinajstić information content (AvgIpc) is 3.74.